The third kappa shape index (κ3) is 2.38. The summed E-state index contributed by atoms with van der Waals surface area (Å²) in [6, 6.07) is 5.99. The van der Waals surface area contributed by atoms with Crippen molar-refractivity contribution >= 4 is 50.2 Å². The lowest BCUT2D eigenvalue weighted by Gasteiger charge is -2.07. The predicted molar refractivity (Wildman–Crippen MR) is 70.6 cm³/mol. The van der Waals surface area contributed by atoms with Crippen LogP contribution >= 0.6 is 50.2 Å². The third-order valence-electron chi connectivity index (χ3n) is 1.95. The second-order valence-electron chi connectivity index (χ2n) is 2.86. The topological polar surface area (TPSA) is 9.23 Å². The van der Waals surface area contributed by atoms with Gasteiger partial charge in [0.2, 0.25) is 0 Å². The van der Waals surface area contributed by atoms with Crippen LogP contribution in [0.1, 0.15) is 15.1 Å². The molecular formula is C10H8BrClOS2. The second kappa shape index (κ2) is 4.87. The van der Waals surface area contributed by atoms with Crippen LogP contribution < -0.4 is 4.74 Å². The second-order valence-corrected chi connectivity index (χ2v) is 6.74. The van der Waals surface area contributed by atoms with E-state index in [1.165, 1.54) is 0 Å². The summed E-state index contributed by atoms with van der Waals surface area (Å²) in [5.74, 6) is 0.865. The van der Waals surface area contributed by atoms with E-state index in [1.54, 1.807) is 29.8 Å². The Kier molecular flexibility index (Phi) is 3.72. The maximum absolute atomic E-state index is 6.39. The Morgan fingerprint density at radius 3 is 2.80 bits per heavy atom. The number of ether oxygens (including phenoxy) is 1. The minimum atomic E-state index is -0.115. The van der Waals surface area contributed by atoms with Crippen molar-refractivity contribution in [3.63, 3.8) is 0 Å². The Balaban J connectivity index is 2.31. The molecule has 0 spiro atoms. The van der Waals surface area contributed by atoms with Gasteiger partial charge in [-0.2, -0.15) is 0 Å². The molecule has 2 aromatic heterocycles. The summed E-state index contributed by atoms with van der Waals surface area (Å²) < 4.78 is 6.35. The first-order chi connectivity index (χ1) is 7.22. The molecule has 5 heteroatoms. The SMILES string of the molecule is COc1ccsc1C(Cl)c1ccc(Br)s1. The zero-order chi connectivity index (χ0) is 10.8. The minimum absolute atomic E-state index is 0.115. The molecule has 0 fully saturated rings. The number of hydrogen-bond donors (Lipinski definition) is 0. The molecule has 0 saturated carbocycles. The van der Waals surface area contributed by atoms with Crippen LogP contribution in [0.4, 0.5) is 0 Å². The van der Waals surface area contributed by atoms with Crippen molar-refractivity contribution < 1.29 is 4.74 Å². The summed E-state index contributed by atoms with van der Waals surface area (Å²) in [4.78, 5) is 2.19. The van der Waals surface area contributed by atoms with E-state index >= 15 is 0 Å². The van der Waals surface area contributed by atoms with Gasteiger partial charge >= 0.3 is 0 Å². The molecule has 0 bridgehead atoms. The van der Waals surface area contributed by atoms with E-state index in [2.05, 4.69) is 15.9 Å². The van der Waals surface area contributed by atoms with Crippen LogP contribution in [-0.4, -0.2) is 7.11 Å². The largest absolute Gasteiger partial charge is 0.496 e. The Hall–Kier alpha value is -0.0300. The zero-order valence-electron chi connectivity index (χ0n) is 7.87. The van der Waals surface area contributed by atoms with Gasteiger partial charge in [-0.3, -0.25) is 0 Å². The van der Waals surface area contributed by atoms with Gasteiger partial charge in [0.05, 0.1) is 15.8 Å². The van der Waals surface area contributed by atoms with Gasteiger partial charge in [-0.05, 0) is 39.5 Å². The molecule has 0 amide bonds. The summed E-state index contributed by atoms with van der Waals surface area (Å²) in [6.07, 6.45) is 0. The third-order valence-corrected chi connectivity index (χ3v) is 5.31. The predicted octanol–water partition coefficient (Wildman–Crippen LogP) is 4.91. The normalized spacial score (nSPS) is 12.7. The highest BCUT2D eigenvalue weighted by Crippen LogP contribution is 2.42. The molecule has 0 N–H and O–H groups in total. The number of methoxy groups -OCH3 is 1. The van der Waals surface area contributed by atoms with E-state index in [1.807, 2.05) is 23.6 Å². The fourth-order valence-corrected chi connectivity index (χ4v) is 4.06. The van der Waals surface area contributed by atoms with E-state index in [0.29, 0.717) is 0 Å². The number of halogens is 2. The molecule has 0 aliphatic rings. The van der Waals surface area contributed by atoms with Crippen LogP contribution in [0.3, 0.4) is 0 Å². The molecule has 2 rings (SSSR count). The van der Waals surface area contributed by atoms with E-state index in [-0.39, 0.29) is 5.38 Å². The van der Waals surface area contributed by atoms with Crippen molar-refractivity contribution in [3.05, 3.63) is 37.1 Å². The van der Waals surface area contributed by atoms with E-state index in [4.69, 9.17) is 16.3 Å². The fraction of sp³-hybridized carbons (Fsp3) is 0.200. The standard InChI is InChI=1S/C10H8BrClOS2/c1-13-6-4-5-14-10(6)9(12)7-2-3-8(11)15-7/h2-5,9H,1H3. The lowest BCUT2D eigenvalue weighted by Crippen LogP contribution is -1.90. The maximum atomic E-state index is 6.39. The number of thiophene rings is 2. The summed E-state index contributed by atoms with van der Waals surface area (Å²) >= 11 is 13.1. The number of hydrogen-bond acceptors (Lipinski definition) is 3. The Bertz CT molecular complexity index is 452. The summed E-state index contributed by atoms with van der Waals surface area (Å²) in [7, 11) is 1.67. The maximum Gasteiger partial charge on any atom is 0.134 e. The summed E-state index contributed by atoms with van der Waals surface area (Å²) in [5.41, 5.74) is 0. The lowest BCUT2D eigenvalue weighted by atomic mass is 10.3. The zero-order valence-corrected chi connectivity index (χ0v) is 11.8. The molecule has 2 heterocycles. The van der Waals surface area contributed by atoms with Gasteiger partial charge in [0, 0.05) is 4.88 Å². The Morgan fingerprint density at radius 1 is 1.40 bits per heavy atom. The van der Waals surface area contributed by atoms with Crippen molar-refractivity contribution in [1.82, 2.24) is 0 Å². The van der Waals surface area contributed by atoms with E-state index in [0.717, 1.165) is 19.3 Å². The van der Waals surface area contributed by atoms with Crippen LogP contribution in [0.2, 0.25) is 0 Å². The molecule has 1 unspecified atom stereocenters. The smallest absolute Gasteiger partial charge is 0.134 e. The highest BCUT2D eigenvalue weighted by Gasteiger charge is 2.18. The van der Waals surface area contributed by atoms with Gasteiger partial charge in [0.1, 0.15) is 11.1 Å². The highest BCUT2D eigenvalue weighted by molar-refractivity contribution is 9.11. The molecule has 0 aromatic carbocycles. The molecule has 0 saturated heterocycles. The first kappa shape index (κ1) is 11.5. The van der Waals surface area contributed by atoms with Crippen LogP contribution in [0.15, 0.2) is 27.4 Å². The average molecular weight is 324 g/mol. The monoisotopic (exact) mass is 322 g/mol. The van der Waals surface area contributed by atoms with Crippen molar-refractivity contribution in [2.75, 3.05) is 7.11 Å². The molecule has 0 aliphatic heterocycles. The molecule has 15 heavy (non-hydrogen) atoms. The van der Waals surface area contributed by atoms with Crippen molar-refractivity contribution in [1.29, 1.82) is 0 Å². The number of rotatable bonds is 3. The van der Waals surface area contributed by atoms with Crippen molar-refractivity contribution in [3.8, 4) is 5.75 Å². The van der Waals surface area contributed by atoms with Gasteiger partial charge in [0.25, 0.3) is 0 Å². The summed E-state index contributed by atoms with van der Waals surface area (Å²) in [5, 5.41) is 1.88. The number of alkyl halides is 1. The van der Waals surface area contributed by atoms with Crippen LogP contribution in [0, 0.1) is 0 Å². The van der Waals surface area contributed by atoms with Crippen molar-refractivity contribution in [2.45, 2.75) is 5.38 Å². The summed E-state index contributed by atoms with van der Waals surface area (Å²) in [6.45, 7) is 0. The molecule has 80 valence electrons. The van der Waals surface area contributed by atoms with E-state index in [9.17, 15) is 0 Å². The Morgan fingerprint density at radius 2 is 2.20 bits per heavy atom. The molecule has 1 atom stereocenters. The molecule has 2 aromatic rings. The van der Waals surface area contributed by atoms with Gasteiger partial charge in [-0.15, -0.1) is 34.3 Å². The highest BCUT2D eigenvalue weighted by atomic mass is 79.9. The molecular weight excluding hydrogens is 316 g/mol. The van der Waals surface area contributed by atoms with Crippen LogP contribution in [0.5, 0.6) is 5.75 Å². The first-order valence-corrected chi connectivity index (χ1v) is 7.15. The minimum Gasteiger partial charge on any atom is -0.496 e. The van der Waals surface area contributed by atoms with Gasteiger partial charge in [0.15, 0.2) is 0 Å². The lowest BCUT2D eigenvalue weighted by molar-refractivity contribution is 0.413. The van der Waals surface area contributed by atoms with Gasteiger partial charge in [-0.1, -0.05) is 0 Å². The van der Waals surface area contributed by atoms with Crippen molar-refractivity contribution in [2.24, 2.45) is 0 Å². The molecule has 0 aliphatic carbocycles. The molecule has 0 radical (unpaired) electrons. The van der Waals surface area contributed by atoms with Gasteiger partial charge < -0.3 is 4.74 Å². The average Bonchev–Trinajstić information content (AvgIpc) is 2.84. The van der Waals surface area contributed by atoms with Crippen LogP contribution in [-0.2, 0) is 0 Å². The Labute approximate surface area is 110 Å². The molecule has 1 nitrogen and oxygen atoms in total. The van der Waals surface area contributed by atoms with E-state index < -0.39 is 0 Å². The fourth-order valence-electron chi connectivity index (χ4n) is 1.26. The quantitative estimate of drug-likeness (QED) is 0.729. The van der Waals surface area contributed by atoms with Gasteiger partial charge in [-0.25, -0.2) is 0 Å². The first-order valence-electron chi connectivity index (χ1n) is 4.23. The van der Waals surface area contributed by atoms with Crippen LogP contribution in [0.25, 0.3) is 0 Å².